The average molecular weight is 380 g/mol. The van der Waals surface area contributed by atoms with Gasteiger partial charge in [-0.3, -0.25) is 4.79 Å². The maximum Gasteiger partial charge on any atom is 0.254 e. The molecule has 0 aliphatic rings. The highest BCUT2D eigenvalue weighted by Gasteiger charge is 2.13. The maximum atomic E-state index is 12.1. The summed E-state index contributed by atoms with van der Waals surface area (Å²) in [4.78, 5) is 14.9. The third kappa shape index (κ3) is 6.08. The lowest BCUT2D eigenvalue weighted by atomic mass is 10.1. The minimum Gasteiger partial charge on any atom is -0.352 e. The number of carbonyl (C=O) groups excluding carboxylic acids is 1. The highest BCUT2D eigenvalue weighted by atomic mass is 32.2. The van der Waals surface area contributed by atoms with E-state index in [-0.39, 0.29) is 17.7 Å². The molecule has 8 heteroatoms. The van der Waals surface area contributed by atoms with E-state index >= 15 is 0 Å². The number of amides is 1. The van der Waals surface area contributed by atoms with Crippen LogP contribution in [0.3, 0.4) is 0 Å². The van der Waals surface area contributed by atoms with Gasteiger partial charge in [0.05, 0.1) is 11.3 Å². The van der Waals surface area contributed by atoms with E-state index in [9.17, 15) is 13.2 Å². The first-order chi connectivity index (χ1) is 11.8. The van der Waals surface area contributed by atoms with Gasteiger partial charge in [0, 0.05) is 18.8 Å². The fourth-order valence-corrected chi connectivity index (χ4v) is 3.91. The summed E-state index contributed by atoms with van der Waals surface area (Å²) in [5.74, 6) is -0.327. The van der Waals surface area contributed by atoms with Gasteiger partial charge < -0.3 is 10.3 Å². The lowest BCUT2D eigenvalue weighted by molar-refractivity contribution is 0.0950. The number of rotatable bonds is 7. The Balaban J connectivity index is 1.96. The first kappa shape index (κ1) is 19.3. The van der Waals surface area contributed by atoms with Crippen LogP contribution in [0.4, 0.5) is 0 Å². The summed E-state index contributed by atoms with van der Waals surface area (Å²) in [6.07, 6.45) is 1.67. The van der Waals surface area contributed by atoms with Crippen LogP contribution in [0.1, 0.15) is 35.3 Å². The Morgan fingerprint density at radius 1 is 1.16 bits per heavy atom. The smallest absolute Gasteiger partial charge is 0.254 e. The second-order valence-electron chi connectivity index (χ2n) is 5.94. The van der Waals surface area contributed by atoms with Gasteiger partial charge in [0.2, 0.25) is 10.0 Å². The molecule has 1 heterocycles. The molecule has 0 atom stereocenters. The molecule has 0 radical (unpaired) electrons. The molecular weight excluding hydrogens is 358 g/mol. The van der Waals surface area contributed by atoms with Crippen molar-refractivity contribution in [3.63, 3.8) is 0 Å². The normalized spacial score (nSPS) is 11.5. The van der Waals surface area contributed by atoms with E-state index in [0.717, 1.165) is 5.56 Å². The van der Waals surface area contributed by atoms with Crippen LogP contribution < -0.4 is 10.0 Å². The molecule has 0 spiro atoms. The quantitative estimate of drug-likeness (QED) is 0.645. The van der Waals surface area contributed by atoms with Crippen molar-refractivity contribution < 1.29 is 13.2 Å². The standard InChI is InChI=1S/C17H21N3O3S2/c1-12(2)20-25(22,23)11-14-7-5-13(6-8-14)10-19-16(21)15-4-3-9-18-17(15)24/h3-9,12,20H,10-11H2,1-2H3,(H,18,24)(H,19,21). The van der Waals surface area contributed by atoms with Crippen molar-refractivity contribution in [3.8, 4) is 0 Å². The van der Waals surface area contributed by atoms with Crippen molar-refractivity contribution in [3.05, 3.63) is 63.9 Å². The van der Waals surface area contributed by atoms with Crippen LogP contribution in [0, 0.1) is 4.64 Å². The average Bonchev–Trinajstić information content (AvgIpc) is 2.52. The van der Waals surface area contributed by atoms with Crippen molar-refractivity contribution in [2.75, 3.05) is 0 Å². The number of carbonyl (C=O) groups is 1. The van der Waals surface area contributed by atoms with Gasteiger partial charge in [0.25, 0.3) is 5.91 Å². The predicted octanol–water partition coefficient (Wildman–Crippen LogP) is 2.50. The Kier molecular flexibility index (Phi) is 6.46. The Bertz CT molecular complexity index is 888. The summed E-state index contributed by atoms with van der Waals surface area (Å²) >= 11 is 5.08. The van der Waals surface area contributed by atoms with E-state index in [2.05, 4.69) is 15.0 Å². The number of H-pyrrole nitrogens is 1. The van der Waals surface area contributed by atoms with Gasteiger partial charge in [0.15, 0.2) is 0 Å². The van der Waals surface area contributed by atoms with Crippen LogP contribution in [0.15, 0.2) is 42.6 Å². The van der Waals surface area contributed by atoms with E-state index in [4.69, 9.17) is 12.2 Å². The van der Waals surface area contributed by atoms with Gasteiger partial charge in [-0.25, -0.2) is 13.1 Å². The number of hydrogen-bond donors (Lipinski definition) is 3. The zero-order valence-electron chi connectivity index (χ0n) is 14.1. The molecule has 3 N–H and O–H groups in total. The van der Waals surface area contributed by atoms with Gasteiger partial charge in [0.1, 0.15) is 4.64 Å². The van der Waals surface area contributed by atoms with Crippen molar-refractivity contribution >= 4 is 28.1 Å². The first-order valence-electron chi connectivity index (χ1n) is 7.80. The topological polar surface area (TPSA) is 91.1 Å². The third-order valence-electron chi connectivity index (χ3n) is 3.31. The second-order valence-corrected chi connectivity index (χ2v) is 8.11. The molecule has 0 fully saturated rings. The molecule has 2 rings (SSSR count). The van der Waals surface area contributed by atoms with Crippen LogP contribution in [-0.2, 0) is 22.3 Å². The minimum atomic E-state index is -3.35. The van der Waals surface area contributed by atoms with Crippen LogP contribution in [0.2, 0.25) is 0 Å². The first-order valence-corrected chi connectivity index (χ1v) is 9.86. The lowest BCUT2D eigenvalue weighted by Crippen LogP contribution is -2.31. The van der Waals surface area contributed by atoms with E-state index in [1.807, 2.05) is 0 Å². The van der Waals surface area contributed by atoms with E-state index < -0.39 is 10.0 Å². The third-order valence-corrected chi connectivity index (χ3v) is 5.19. The summed E-state index contributed by atoms with van der Waals surface area (Å²) < 4.78 is 26.8. The molecule has 1 aromatic carbocycles. The lowest BCUT2D eigenvalue weighted by Gasteiger charge is -2.10. The summed E-state index contributed by atoms with van der Waals surface area (Å²) in [6, 6.07) is 10.3. The molecule has 0 saturated heterocycles. The summed E-state index contributed by atoms with van der Waals surface area (Å²) in [6.45, 7) is 3.89. The van der Waals surface area contributed by atoms with E-state index in [0.29, 0.717) is 22.3 Å². The number of aromatic amines is 1. The van der Waals surface area contributed by atoms with Crippen molar-refractivity contribution in [1.29, 1.82) is 0 Å². The number of aromatic nitrogens is 1. The zero-order valence-corrected chi connectivity index (χ0v) is 15.7. The molecule has 6 nitrogen and oxygen atoms in total. The van der Waals surface area contributed by atoms with Gasteiger partial charge in [-0.15, -0.1) is 0 Å². The number of nitrogens with one attached hydrogen (secondary N) is 3. The highest BCUT2D eigenvalue weighted by molar-refractivity contribution is 7.88. The Morgan fingerprint density at radius 2 is 1.80 bits per heavy atom. The van der Waals surface area contributed by atoms with Gasteiger partial charge in [-0.05, 0) is 37.1 Å². The Morgan fingerprint density at radius 3 is 2.40 bits per heavy atom. The monoisotopic (exact) mass is 379 g/mol. The number of sulfonamides is 1. The fourth-order valence-electron chi connectivity index (χ4n) is 2.25. The summed E-state index contributed by atoms with van der Waals surface area (Å²) in [5, 5.41) is 2.79. The molecule has 0 aliphatic carbocycles. The minimum absolute atomic E-state index is 0.0724. The SMILES string of the molecule is CC(C)NS(=O)(=O)Cc1ccc(CNC(=O)c2ccc[nH]c2=S)cc1. The van der Waals surface area contributed by atoms with Gasteiger partial charge in [-0.1, -0.05) is 36.5 Å². The highest BCUT2D eigenvalue weighted by Crippen LogP contribution is 2.09. The van der Waals surface area contributed by atoms with Crippen molar-refractivity contribution in [1.82, 2.24) is 15.0 Å². The molecule has 25 heavy (non-hydrogen) atoms. The zero-order chi connectivity index (χ0) is 18.4. The van der Waals surface area contributed by atoms with Crippen molar-refractivity contribution in [2.24, 2.45) is 0 Å². The van der Waals surface area contributed by atoms with Crippen molar-refractivity contribution in [2.45, 2.75) is 32.2 Å². The number of pyridine rings is 1. The molecule has 0 aliphatic heterocycles. The van der Waals surface area contributed by atoms with Gasteiger partial charge in [-0.2, -0.15) is 0 Å². The summed E-state index contributed by atoms with van der Waals surface area (Å²) in [7, 11) is -3.35. The fraction of sp³-hybridized carbons (Fsp3) is 0.294. The molecule has 134 valence electrons. The molecule has 1 amide bonds. The summed E-state index contributed by atoms with van der Waals surface area (Å²) in [5.41, 5.74) is 1.98. The molecule has 0 unspecified atom stereocenters. The van der Waals surface area contributed by atoms with Crippen LogP contribution >= 0.6 is 12.2 Å². The van der Waals surface area contributed by atoms with Crippen LogP contribution in [-0.4, -0.2) is 25.4 Å². The Labute approximate surface area is 152 Å². The molecule has 1 aromatic heterocycles. The molecule has 2 aromatic rings. The largest absolute Gasteiger partial charge is 0.352 e. The Hall–Kier alpha value is -2.03. The van der Waals surface area contributed by atoms with E-state index in [1.54, 1.807) is 56.4 Å². The second kappa shape index (κ2) is 8.37. The maximum absolute atomic E-state index is 12.1. The van der Waals surface area contributed by atoms with Crippen LogP contribution in [0.25, 0.3) is 0 Å². The molecule has 0 saturated carbocycles. The molecule has 0 bridgehead atoms. The number of benzene rings is 1. The number of hydrogen-bond acceptors (Lipinski definition) is 4. The van der Waals surface area contributed by atoms with Gasteiger partial charge >= 0.3 is 0 Å². The van der Waals surface area contributed by atoms with E-state index in [1.165, 1.54) is 0 Å². The predicted molar refractivity (Wildman–Crippen MR) is 100 cm³/mol. The molecular formula is C17H21N3O3S2. The van der Waals surface area contributed by atoms with Crippen LogP contribution in [0.5, 0.6) is 0 Å².